The predicted octanol–water partition coefficient (Wildman–Crippen LogP) is 2.62. The standard InChI is InChI=1S/C12H20N2/c1-4-8-14(5-2)10-12-6-7-13-9-11(12)3/h6-7,9H,4-5,8,10H2,1-3H3. The van der Waals surface area contributed by atoms with Crippen LogP contribution in [0.2, 0.25) is 0 Å². The van der Waals surface area contributed by atoms with E-state index in [2.05, 4.69) is 36.7 Å². The summed E-state index contributed by atoms with van der Waals surface area (Å²) in [4.78, 5) is 6.57. The number of pyridine rings is 1. The molecule has 0 amide bonds. The highest BCUT2D eigenvalue weighted by molar-refractivity contribution is 5.21. The normalized spacial score (nSPS) is 10.9. The molecular weight excluding hydrogens is 172 g/mol. The van der Waals surface area contributed by atoms with Crippen molar-refractivity contribution in [2.45, 2.75) is 33.7 Å². The van der Waals surface area contributed by atoms with Crippen molar-refractivity contribution < 1.29 is 0 Å². The van der Waals surface area contributed by atoms with E-state index in [-0.39, 0.29) is 0 Å². The van der Waals surface area contributed by atoms with Crippen LogP contribution in [0.25, 0.3) is 0 Å². The first kappa shape index (κ1) is 11.2. The molecule has 78 valence electrons. The minimum absolute atomic E-state index is 1.05. The van der Waals surface area contributed by atoms with E-state index in [4.69, 9.17) is 0 Å². The molecule has 0 aliphatic heterocycles. The number of aromatic nitrogens is 1. The fourth-order valence-corrected chi connectivity index (χ4v) is 1.59. The number of nitrogens with zero attached hydrogens (tertiary/aromatic N) is 2. The molecule has 1 aromatic heterocycles. The largest absolute Gasteiger partial charge is 0.299 e. The minimum atomic E-state index is 1.05. The molecule has 0 aliphatic carbocycles. The molecule has 2 heteroatoms. The van der Waals surface area contributed by atoms with E-state index in [9.17, 15) is 0 Å². The summed E-state index contributed by atoms with van der Waals surface area (Å²) >= 11 is 0. The minimum Gasteiger partial charge on any atom is -0.299 e. The van der Waals surface area contributed by atoms with Crippen LogP contribution in [0.1, 0.15) is 31.4 Å². The number of aryl methyl sites for hydroxylation is 1. The van der Waals surface area contributed by atoms with E-state index in [1.165, 1.54) is 24.1 Å². The second kappa shape index (κ2) is 5.76. The van der Waals surface area contributed by atoms with Crippen LogP contribution in [0.4, 0.5) is 0 Å². The third-order valence-electron chi connectivity index (χ3n) is 2.52. The topological polar surface area (TPSA) is 16.1 Å². The fraction of sp³-hybridized carbons (Fsp3) is 0.583. The molecular formula is C12H20N2. The van der Waals surface area contributed by atoms with Gasteiger partial charge in [0.05, 0.1) is 0 Å². The zero-order valence-electron chi connectivity index (χ0n) is 9.45. The highest BCUT2D eigenvalue weighted by atomic mass is 15.1. The van der Waals surface area contributed by atoms with E-state index in [1.54, 1.807) is 0 Å². The van der Waals surface area contributed by atoms with Crippen molar-refractivity contribution in [3.05, 3.63) is 29.6 Å². The SMILES string of the molecule is CCCN(CC)Cc1ccncc1C. The molecule has 0 unspecified atom stereocenters. The first-order valence-corrected chi connectivity index (χ1v) is 5.39. The smallest absolute Gasteiger partial charge is 0.0300 e. The zero-order valence-corrected chi connectivity index (χ0v) is 9.45. The molecule has 0 saturated carbocycles. The molecule has 0 atom stereocenters. The average molecular weight is 192 g/mol. The van der Waals surface area contributed by atoms with Crippen molar-refractivity contribution in [1.82, 2.24) is 9.88 Å². The molecule has 0 aromatic carbocycles. The molecule has 0 fully saturated rings. The van der Waals surface area contributed by atoms with Gasteiger partial charge in [-0.2, -0.15) is 0 Å². The summed E-state index contributed by atoms with van der Waals surface area (Å²) in [7, 11) is 0. The number of hydrogen-bond acceptors (Lipinski definition) is 2. The van der Waals surface area contributed by atoms with E-state index >= 15 is 0 Å². The Hall–Kier alpha value is -0.890. The average Bonchev–Trinajstić information content (AvgIpc) is 2.20. The van der Waals surface area contributed by atoms with Crippen molar-refractivity contribution in [1.29, 1.82) is 0 Å². The second-order valence-corrected chi connectivity index (χ2v) is 3.67. The molecule has 14 heavy (non-hydrogen) atoms. The van der Waals surface area contributed by atoms with Crippen LogP contribution in [0.3, 0.4) is 0 Å². The number of rotatable bonds is 5. The molecule has 2 nitrogen and oxygen atoms in total. The zero-order chi connectivity index (χ0) is 10.4. The molecule has 0 saturated heterocycles. The Kier molecular flexibility index (Phi) is 4.60. The first-order valence-electron chi connectivity index (χ1n) is 5.39. The van der Waals surface area contributed by atoms with Gasteiger partial charge in [0.2, 0.25) is 0 Å². The Labute approximate surface area is 87.0 Å². The van der Waals surface area contributed by atoms with Crippen molar-refractivity contribution >= 4 is 0 Å². The van der Waals surface area contributed by atoms with Crippen LogP contribution >= 0.6 is 0 Å². The summed E-state index contributed by atoms with van der Waals surface area (Å²) in [6, 6.07) is 2.12. The Balaban J connectivity index is 2.62. The van der Waals surface area contributed by atoms with Crippen LogP contribution in [0.5, 0.6) is 0 Å². The van der Waals surface area contributed by atoms with Gasteiger partial charge in [0.1, 0.15) is 0 Å². The predicted molar refractivity (Wildman–Crippen MR) is 60.2 cm³/mol. The van der Waals surface area contributed by atoms with Crippen LogP contribution < -0.4 is 0 Å². The van der Waals surface area contributed by atoms with Gasteiger partial charge in [-0.3, -0.25) is 9.88 Å². The van der Waals surface area contributed by atoms with Gasteiger partial charge in [-0.15, -0.1) is 0 Å². The maximum absolute atomic E-state index is 4.11. The lowest BCUT2D eigenvalue weighted by Gasteiger charge is -2.20. The van der Waals surface area contributed by atoms with E-state index < -0.39 is 0 Å². The van der Waals surface area contributed by atoms with Gasteiger partial charge in [-0.1, -0.05) is 13.8 Å². The third kappa shape index (κ3) is 3.11. The van der Waals surface area contributed by atoms with E-state index in [1.807, 2.05) is 12.4 Å². The van der Waals surface area contributed by atoms with E-state index in [0.29, 0.717) is 0 Å². The first-order chi connectivity index (χ1) is 6.77. The Bertz CT molecular complexity index is 271. The summed E-state index contributed by atoms with van der Waals surface area (Å²) in [5.41, 5.74) is 2.69. The molecule has 0 N–H and O–H groups in total. The lowest BCUT2D eigenvalue weighted by molar-refractivity contribution is 0.280. The fourth-order valence-electron chi connectivity index (χ4n) is 1.59. The molecule has 1 heterocycles. The summed E-state index contributed by atoms with van der Waals surface area (Å²) in [5.74, 6) is 0. The highest BCUT2D eigenvalue weighted by Crippen LogP contribution is 2.08. The lowest BCUT2D eigenvalue weighted by Crippen LogP contribution is -2.23. The van der Waals surface area contributed by atoms with Gasteiger partial charge < -0.3 is 0 Å². The summed E-state index contributed by atoms with van der Waals surface area (Å²) < 4.78 is 0. The highest BCUT2D eigenvalue weighted by Gasteiger charge is 2.03. The van der Waals surface area contributed by atoms with Crippen molar-refractivity contribution in [3.8, 4) is 0 Å². The van der Waals surface area contributed by atoms with Gasteiger partial charge in [0.25, 0.3) is 0 Å². The third-order valence-corrected chi connectivity index (χ3v) is 2.52. The Morgan fingerprint density at radius 1 is 1.36 bits per heavy atom. The van der Waals surface area contributed by atoms with Crippen molar-refractivity contribution in [2.24, 2.45) is 0 Å². The number of hydrogen-bond donors (Lipinski definition) is 0. The van der Waals surface area contributed by atoms with Crippen molar-refractivity contribution in [3.63, 3.8) is 0 Å². The lowest BCUT2D eigenvalue weighted by atomic mass is 10.1. The second-order valence-electron chi connectivity index (χ2n) is 3.67. The van der Waals surface area contributed by atoms with Crippen LogP contribution in [-0.2, 0) is 6.54 Å². The van der Waals surface area contributed by atoms with Gasteiger partial charge in [0.15, 0.2) is 0 Å². The van der Waals surface area contributed by atoms with Crippen LogP contribution in [0.15, 0.2) is 18.5 Å². The molecule has 0 radical (unpaired) electrons. The quantitative estimate of drug-likeness (QED) is 0.713. The molecule has 0 bridgehead atoms. The van der Waals surface area contributed by atoms with Gasteiger partial charge in [-0.05, 0) is 43.6 Å². The van der Waals surface area contributed by atoms with Crippen LogP contribution in [-0.4, -0.2) is 23.0 Å². The molecule has 0 spiro atoms. The van der Waals surface area contributed by atoms with Gasteiger partial charge in [-0.25, -0.2) is 0 Å². The van der Waals surface area contributed by atoms with Crippen molar-refractivity contribution in [2.75, 3.05) is 13.1 Å². The Morgan fingerprint density at radius 2 is 2.14 bits per heavy atom. The molecule has 1 aromatic rings. The van der Waals surface area contributed by atoms with Gasteiger partial charge in [0, 0.05) is 18.9 Å². The van der Waals surface area contributed by atoms with Gasteiger partial charge >= 0.3 is 0 Å². The summed E-state index contributed by atoms with van der Waals surface area (Å²) in [5, 5.41) is 0. The maximum Gasteiger partial charge on any atom is 0.0300 e. The maximum atomic E-state index is 4.11. The monoisotopic (exact) mass is 192 g/mol. The van der Waals surface area contributed by atoms with Crippen LogP contribution in [0, 0.1) is 6.92 Å². The summed E-state index contributed by atoms with van der Waals surface area (Å²) in [6.07, 6.45) is 5.04. The van der Waals surface area contributed by atoms with E-state index in [0.717, 1.165) is 13.1 Å². The molecule has 1 rings (SSSR count). The Morgan fingerprint density at radius 3 is 2.71 bits per heavy atom. The summed E-state index contributed by atoms with van der Waals surface area (Å²) in [6.45, 7) is 9.92. The molecule has 0 aliphatic rings.